The maximum atomic E-state index is 12.7. The SMILES string of the molecule is CCOc1cc(Cl)c(/C=C2/SC(=O)N(CC(=O)N3CCOCC3)C2=O)cc1OC. The summed E-state index contributed by atoms with van der Waals surface area (Å²) < 4.78 is 16.0. The van der Waals surface area contributed by atoms with Crippen LogP contribution in [0.25, 0.3) is 6.08 Å². The molecule has 2 fully saturated rings. The van der Waals surface area contributed by atoms with Crippen LogP contribution in [0.5, 0.6) is 11.5 Å². The Bertz CT molecular complexity index is 853. The van der Waals surface area contributed by atoms with E-state index in [4.69, 9.17) is 25.8 Å². The quantitative estimate of drug-likeness (QED) is 0.628. The van der Waals surface area contributed by atoms with Gasteiger partial charge in [-0.2, -0.15) is 0 Å². The number of hydrogen-bond acceptors (Lipinski definition) is 7. The molecule has 0 spiro atoms. The molecular weight excluding hydrogens is 420 g/mol. The number of rotatable bonds is 6. The molecule has 10 heteroatoms. The molecule has 0 radical (unpaired) electrons. The van der Waals surface area contributed by atoms with Crippen LogP contribution in [-0.4, -0.2) is 73.4 Å². The third kappa shape index (κ3) is 4.85. The van der Waals surface area contributed by atoms with Gasteiger partial charge in [0.2, 0.25) is 5.91 Å². The fourth-order valence-corrected chi connectivity index (χ4v) is 3.95. The highest BCUT2D eigenvalue weighted by Gasteiger charge is 2.37. The summed E-state index contributed by atoms with van der Waals surface area (Å²) in [6.45, 7) is 3.80. The standard InChI is InChI=1S/C19H21ClN2O6S/c1-3-28-15-10-13(20)12(8-14(15)26-2)9-16-18(24)22(19(25)29-16)11-17(23)21-4-6-27-7-5-21/h8-10H,3-7,11H2,1-2H3/b16-9+. The Hall–Kier alpha value is -2.23. The molecule has 29 heavy (non-hydrogen) atoms. The highest BCUT2D eigenvalue weighted by Crippen LogP contribution is 2.37. The van der Waals surface area contributed by atoms with Gasteiger partial charge in [0, 0.05) is 19.2 Å². The molecule has 0 bridgehead atoms. The van der Waals surface area contributed by atoms with E-state index in [2.05, 4.69) is 0 Å². The number of hydrogen-bond donors (Lipinski definition) is 0. The molecule has 0 aromatic heterocycles. The number of halogens is 1. The summed E-state index contributed by atoms with van der Waals surface area (Å²) in [4.78, 5) is 40.1. The number of benzene rings is 1. The number of imide groups is 1. The summed E-state index contributed by atoms with van der Waals surface area (Å²) >= 11 is 7.08. The number of thioether (sulfide) groups is 1. The summed E-state index contributed by atoms with van der Waals surface area (Å²) in [7, 11) is 1.50. The lowest BCUT2D eigenvalue weighted by Crippen LogP contribution is -2.46. The van der Waals surface area contributed by atoms with Crippen molar-refractivity contribution in [3.63, 3.8) is 0 Å². The van der Waals surface area contributed by atoms with E-state index in [1.165, 1.54) is 13.2 Å². The Kier molecular flexibility index (Phi) is 7.05. The molecule has 1 aromatic rings. The van der Waals surface area contributed by atoms with E-state index in [9.17, 15) is 14.4 Å². The van der Waals surface area contributed by atoms with E-state index >= 15 is 0 Å². The zero-order valence-corrected chi connectivity index (χ0v) is 17.7. The van der Waals surface area contributed by atoms with Gasteiger partial charge in [0.25, 0.3) is 11.1 Å². The molecule has 0 atom stereocenters. The number of amides is 3. The molecule has 156 valence electrons. The normalized spacial score (nSPS) is 18.5. The van der Waals surface area contributed by atoms with E-state index in [-0.39, 0.29) is 17.4 Å². The number of methoxy groups -OCH3 is 1. The van der Waals surface area contributed by atoms with Crippen LogP contribution >= 0.6 is 23.4 Å². The summed E-state index contributed by atoms with van der Waals surface area (Å²) in [5.41, 5.74) is 0.511. The van der Waals surface area contributed by atoms with Gasteiger partial charge < -0.3 is 19.1 Å². The van der Waals surface area contributed by atoms with Crippen molar-refractivity contribution >= 4 is 46.5 Å². The molecule has 2 aliphatic rings. The van der Waals surface area contributed by atoms with Gasteiger partial charge in [-0.3, -0.25) is 19.3 Å². The van der Waals surface area contributed by atoms with Crippen molar-refractivity contribution in [1.82, 2.24) is 9.80 Å². The van der Waals surface area contributed by atoms with Gasteiger partial charge in [-0.05, 0) is 36.4 Å². The van der Waals surface area contributed by atoms with E-state index < -0.39 is 11.1 Å². The Labute approximate surface area is 177 Å². The van der Waals surface area contributed by atoms with Crippen LogP contribution < -0.4 is 9.47 Å². The van der Waals surface area contributed by atoms with Crippen LogP contribution in [0.3, 0.4) is 0 Å². The second kappa shape index (κ2) is 9.51. The molecule has 0 N–H and O–H groups in total. The van der Waals surface area contributed by atoms with Gasteiger partial charge >= 0.3 is 0 Å². The van der Waals surface area contributed by atoms with Gasteiger partial charge in [0.1, 0.15) is 6.54 Å². The molecule has 2 aliphatic heterocycles. The molecule has 0 unspecified atom stereocenters. The summed E-state index contributed by atoms with van der Waals surface area (Å²) in [5, 5.41) is -0.137. The Morgan fingerprint density at radius 2 is 2.00 bits per heavy atom. The summed E-state index contributed by atoms with van der Waals surface area (Å²) in [6.07, 6.45) is 1.52. The number of morpholine rings is 1. The van der Waals surface area contributed by atoms with Gasteiger partial charge in [0.05, 0.1) is 36.9 Å². The van der Waals surface area contributed by atoms with Crippen LogP contribution in [0.1, 0.15) is 12.5 Å². The zero-order valence-electron chi connectivity index (χ0n) is 16.1. The van der Waals surface area contributed by atoms with Gasteiger partial charge in [-0.25, -0.2) is 0 Å². The fourth-order valence-electron chi connectivity index (χ4n) is 2.91. The first kappa shape index (κ1) is 21.5. The lowest BCUT2D eigenvalue weighted by Gasteiger charge is -2.28. The monoisotopic (exact) mass is 440 g/mol. The maximum Gasteiger partial charge on any atom is 0.294 e. The van der Waals surface area contributed by atoms with Crippen molar-refractivity contribution in [2.75, 3.05) is 46.6 Å². The first-order chi connectivity index (χ1) is 13.9. The second-order valence-electron chi connectivity index (χ2n) is 6.22. The highest BCUT2D eigenvalue weighted by molar-refractivity contribution is 8.18. The topological polar surface area (TPSA) is 85.4 Å². The number of nitrogens with zero attached hydrogens (tertiary/aromatic N) is 2. The average Bonchev–Trinajstić information content (AvgIpc) is 2.98. The molecule has 2 heterocycles. The van der Waals surface area contributed by atoms with Crippen molar-refractivity contribution in [2.45, 2.75) is 6.92 Å². The minimum atomic E-state index is -0.523. The Balaban J connectivity index is 1.78. The summed E-state index contributed by atoms with van der Waals surface area (Å²) in [5.74, 6) is 0.147. The van der Waals surface area contributed by atoms with E-state index in [0.29, 0.717) is 55.0 Å². The third-order valence-corrected chi connectivity index (χ3v) is 5.63. The van der Waals surface area contributed by atoms with Crippen LogP contribution in [0, 0.1) is 0 Å². The van der Waals surface area contributed by atoms with E-state index in [1.54, 1.807) is 17.0 Å². The summed E-state index contributed by atoms with van der Waals surface area (Å²) in [6, 6.07) is 3.24. The Morgan fingerprint density at radius 1 is 1.28 bits per heavy atom. The third-order valence-electron chi connectivity index (χ3n) is 4.40. The largest absolute Gasteiger partial charge is 0.493 e. The molecule has 3 amide bonds. The van der Waals surface area contributed by atoms with Crippen LogP contribution in [0.2, 0.25) is 5.02 Å². The number of ether oxygens (including phenoxy) is 3. The molecule has 0 aliphatic carbocycles. The molecule has 1 aromatic carbocycles. The molecule has 3 rings (SSSR count). The Morgan fingerprint density at radius 3 is 2.66 bits per heavy atom. The van der Waals surface area contributed by atoms with Crippen molar-refractivity contribution in [3.8, 4) is 11.5 Å². The van der Waals surface area contributed by atoms with Crippen molar-refractivity contribution < 1.29 is 28.6 Å². The zero-order chi connectivity index (χ0) is 21.0. The van der Waals surface area contributed by atoms with Crippen molar-refractivity contribution in [1.29, 1.82) is 0 Å². The predicted molar refractivity (Wildman–Crippen MR) is 109 cm³/mol. The minimum absolute atomic E-state index is 0.192. The maximum absolute atomic E-state index is 12.7. The van der Waals surface area contributed by atoms with E-state index in [0.717, 1.165) is 16.7 Å². The predicted octanol–water partition coefficient (Wildman–Crippen LogP) is 2.64. The molecular formula is C19H21ClN2O6S. The minimum Gasteiger partial charge on any atom is -0.493 e. The van der Waals surface area contributed by atoms with E-state index in [1.807, 2.05) is 6.92 Å². The average molecular weight is 441 g/mol. The fraction of sp³-hybridized carbons (Fsp3) is 0.421. The van der Waals surface area contributed by atoms with Crippen LogP contribution in [-0.2, 0) is 14.3 Å². The lowest BCUT2D eigenvalue weighted by atomic mass is 10.1. The van der Waals surface area contributed by atoms with Gasteiger partial charge in [0.15, 0.2) is 11.5 Å². The second-order valence-corrected chi connectivity index (χ2v) is 7.62. The number of carbonyl (C=O) groups excluding carboxylic acids is 3. The van der Waals surface area contributed by atoms with Crippen molar-refractivity contribution in [3.05, 3.63) is 27.6 Å². The first-order valence-corrected chi connectivity index (χ1v) is 10.2. The van der Waals surface area contributed by atoms with Gasteiger partial charge in [-0.1, -0.05) is 11.6 Å². The first-order valence-electron chi connectivity index (χ1n) is 9.05. The smallest absolute Gasteiger partial charge is 0.294 e. The molecule has 0 saturated carbocycles. The van der Waals surface area contributed by atoms with Crippen molar-refractivity contribution in [2.24, 2.45) is 0 Å². The number of carbonyl (C=O) groups is 3. The molecule has 8 nitrogen and oxygen atoms in total. The molecule has 2 saturated heterocycles. The van der Waals surface area contributed by atoms with Gasteiger partial charge in [-0.15, -0.1) is 0 Å². The lowest BCUT2D eigenvalue weighted by molar-refractivity contribution is -0.139. The van der Waals surface area contributed by atoms with Crippen LogP contribution in [0.4, 0.5) is 4.79 Å². The highest BCUT2D eigenvalue weighted by atomic mass is 35.5. The van der Waals surface area contributed by atoms with Crippen LogP contribution in [0.15, 0.2) is 17.0 Å².